The number of aryl methyl sites for hydroxylation is 1. The second-order valence-corrected chi connectivity index (χ2v) is 11.3. The fourth-order valence-corrected chi connectivity index (χ4v) is 6.03. The van der Waals surface area contributed by atoms with Crippen LogP contribution in [0.5, 0.6) is 11.5 Å². The first-order valence-electron chi connectivity index (χ1n) is 15.7. The number of carbonyl (C=O) groups excluding carboxylic acids is 3. The summed E-state index contributed by atoms with van der Waals surface area (Å²) in [7, 11) is 3.06. The first kappa shape index (κ1) is 33.0. The predicted octanol–water partition coefficient (Wildman–Crippen LogP) is 3.77. The number of nitrogens with zero attached hydrogens (tertiary/aromatic N) is 4. The highest BCUT2D eigenvalue weighted by Crippen LogP contribution is 2.42. The van der Waals surface area contributed by atoms with Gasteiger partial charge in [-0.05, 0) is 57.9 Å². The summed E-state index contributed by atoms with van der Waals surface area (Å²) in [5.41, 5.74) is 0.305. The molecule has 0 bridgehead atoms. The molecule has 1 aromatic carbocycles. The van der Waals surface area contributed by atoms with Crippen molar-refractivity contribution < 1.29 is 48.0 Å². The summed E-state index contributed by atoms with van der Waals surface area (Å²) in [5, 5.41) is 13.2. The van der Waals surface area contributed by atoms with Crippen molar-refractivity contribution in [1.29, 1.82) is 0 Å². The maximum Gasteiger partial charge on any atom is 0.414 e. The molecule has 15 nitrogen and oxygen atoms in total. The molecule has 3 atom stereocenters. The molecule has 4 heterocycles. The number of rotatable bonds is 11. The van der Waals surface area contributed by atoms with Crippen LogP contribution in [0.1, 0.15) is 79.3 Å². The largest absolute Gasteiger partial charge is 0.493 e. The zero-order valence-corrected chi connectivity index (χ0v) is 26.4. The summed E-state index contributed by atoms with van der Waals surface area (Å²) < 4.78 is 30.1. The van der Waals surface area contributed by atoms with Crippen LogP contribution in [0.15, 0.2) is 18.3 Å². The number of piperidine rings is 1. The van der Waals surface area contributed by atoms with E-state index < -0.39 is 30.6 Å². The Labute approximate surface area is 266 Å². The molecule has 3 aliphatic heterocycles. The molecule has 5 rings (SSSR count). The fraction of sp³-hybridized carbons (Fsp3) is 0.581. The second-order valence-electron chi connectivity index (χ2n) is 11.3. The molecule has 46 heavy (non-hydrogen) atoms. The number of benzene rings is 1. The number of hydrogen-bond donors (Lipinski definition) is 2. The van der Waals surface area contributed by atoms with Gasteiger partial charge < -0.3 is 43.6 Å². The highest BCUT2D eigenvalue weighted by Gasteiger charge is 2.46. The number of methoxy groups -OCH3 is 1. The maximum absolute atomic E-state index is 13.9. The summed E-state index contributed by atoms with van der Waals surface area (Å²) in [5.74, 6) is -0.469. The van der Waals surface area contributed by atoms with Gasteiger partial charge in [-0.3, -0.25) is 9.59 Å². The number of carbonyl (C=O) groups is 4. The number of ether oxygens (including phenoxy) is 5. The zero-order valence-electron chi connectivity index (χ0n) is 26.4. The summed E-state index contributed by atoms with van der Waals surface area (Å²) in [4.78, 5) is 58.3. The van der Waals surface area contributed by atoms with Gasteiger partial charge in [-0.15, -0.1) is 0 Å². The van der Waals surface area contributed by atoms with Crippen LogP contribution in [0.25, 0.3) is 0 Å². The van der Waals surface area contributed by atoms with Gasteiger partial charge in [0.15, 0.2) is 29.8 Å². The van der Waals surface area contributed by atoms with E-state index in [1.54, 1.807) is 18.9 Å². The quantitative estimate of drug-likeness (QED) is 0.270. The summed E-state index contributed by atoms with van der Waals surface area (Å²) in [6.07, 6.45) is 3.73. The topological polar surface area (TPSA) is 171 Å². The van der Waals surface area contributed by atoms with E-state index in [1.165, 1.54) is 30.0 Å². The smallest absolute Gasteiger partial charge is 0.414 e. The molecular weight excluding hydrogens is 602 g/mol. The van der Waals surface area contributed by atoms with Crippen molar-refractivity contribution in [2.45, 2.75) is 76.9 Å². The molecule has 250 valence electrons. The van der Waals surface area contributed by atoms with E-state index in [9.17, 15) is 24.3 Å². The summed E-state index contributed by atoms with van der Waals surface area (Å²) >= 11 is 0. The van der Waals surface area contributed by atoms with Gasteiger partial charge in [-0.25, -0.2) is 19.5 Å². The number of nitrogens with one attached hydrogen (secondary N) is 1. The number of amides is 3. The Kier molecular flexibility index (Phi) is 10.6. The molecule has 1 aromatic heterocycles. The summed E-state index contributed by atoms with van der Waals surface area (Å²) in [6, 6.07) is 2.50. The van der Waals surface area contributed by atoms with E-state index in [1.807, 2.05) is 0 Å². The second kappa shape index (κ2) is 14.8. The van der Waals surface area contributed by atoms with Gasteiger partial charge >= 0.3 is 12.1 Å². The Balaban J connectivity index is 1.32. The van der Waals surface area contributed by atoms with Gasteiger partial charge in [-0.2, -0.15) is 0 Å². The minimum atomic E-state index is -1.27. The lowest BCUT2D eigenvalue weighted by Crippen LogP contribution is -2.57. The highest BCUT2D eigenvalue weighted by atomic mass is 16.7. The summed E-state index contributed by atoms with van der Waals surface area (Å²) in [6.45, 7) is 2.99. The SMILES string of the molecule is CCOC(=O)c1nc(NC(=O)CCCOc2cc3c(cc2OC)C(=O)N2CCCC[C@H]2[C@H](OC2CCCCO2)N3C(=O)O)cn1C. The molecule has 2 fully saturated rings. The molecule has 2 aromatic rings. The van der Waals surface area contributed by atoms with Gasteiger partial charge in [0.05, 0.1) is 37.6 Å². The lowest BCUT2D eigenvalue weighted by Gasteiger charge is -2.42. The number of esters is 1. The Bertz CT molecular complexity index is 1440. The fourth-order valence-electron chi connectivity index (χ4n) is 6.03. The molecule has 0 spiro atoms. The van der Waals surface area contributed by atoms with Crippen molar-refractivity contribution in [3.05, 3.63) is 29.7 Å². The van der Waals surface area contributed by atoms with Gasteiger partial charge in [0, 0.05) is 38.9 Å². The van der Waals surface area contributed by atoms with Gasteiger partial charge in [-0.1, -0.05) is 0 Å². The number of hydrogen-bond acceptors (Lipinski definition) is 10. The first-order valence-corrected chi connectivity index (χ1v) is 15.7. The van der Waals surface area contributed by atoms with Gasteiger partial charge in [0.2, 0.25) is 11.7 Å². The van der Waals surface area contributed by atoms with Gasteiger partial charge in [0.1, 0.15) is 0 Å². The van der Waals surface area contributed by atoms with Crippen molar-refractivity contribution in [1.82, 2.24) is 14.5 Å². The molecule has 3 aliphatic rings. The average molecular weight is 644 g/mol. The molecular formula is C31H41N5O10. The minimum Gasteiger partial charge on any atom is -0.493 e. The lowest BCUT2D eigenvalue weighted by molar-refractivity contribution is -0.198. The lowest BCUT2D eigenvalue weighted by atomic mass is 10.00. The third-order valence-electron chi connectivity index (χ3n) is 8.21. The van der Waals surface area contributed by atoms with Crippen molar-refractivity contribution >= 4 is 35.4 Å². The van der Waals surface area contributed by atoms with Crippen LogP contribution < -0.4 is 19.7 Å². The minimum absolute atomic E-state index is 0.0691. The van der Waals surface area contributed by atoms with E-state index in [4.69, 9.17) is 23.7 Å². The van der Waals surface area contributed by atoms with Crippen molar-refractivity contribution in [3.63, 3.8) is 0 Å². The van der Waals surface area contributed by atoms with E-state index in [-0.39, 0.29) is 65.8 Å². The van der Waals surface area contributed by atoms with E-state index in [0.29, 0.717) is 32.4 Å². The molecule has 15 heteroatoms. The van der Waals surface area contributed by atoms with Crippen LogP contribution >= 0.6 is 0 Å². The third kappa shape index (κ3) is 7.20. The van der Waals surface area contributed by atoms with E-state index >= 15 is 0 Å². The van der Waals surface area contributed by atoms with Crippen LogP contribution in [0.4, 0.5) is 16.3 Å². The number of carboxylic acid groups (broad SMARTS) is 1. The Morgan fingerprint density at radius 3 is 2.65 bits per heavy atom. The zero-order chi connectivity index (χ0) is 32.8. The Morgan fingerprint density at radius 2 is 1.93 bits per heavy atom. The third-order valence-corrected chi connectivity index (χ3v) is 8.21. The number of anilines is 2. The average Bonchev–Trinajstić information content (AvgIpc) is 3.38. The highest BCUT2D eigenvalue weighted by molar-refractivity contribution is 6.05. The van der Waals surface area contributed by atoms with Gasteiger partial charge in [0.25, 0.3) is 5.91 Å². The maximum atomic E-state index is 13.9. The number of fused-ring (bicyclic) bond motifs is 2. The molecule has 2 saturated heterocycles. The Morgan fingerprint density at radius 1 is 1.13 bits per heavy atom. The molecule has 0 radical (unpaired) electrons. The molecule has 0 aliphatic carbocycles. The van der Waals surface area contributed by atoms with Crippen molar-refractivity contribution in [2.24, 2.45) is 7.05 Å². The first-order chi connectivity index (χ1) is 22.2. The van der Waals surface area contributed by atoms with Crippen molar-refractivity contribution in [2.75, 3.05) is 43.7 Å². The number of imidazole rings is 1. The molecule has 0 saturated carbocycles. The van der Waals surface area contributed by atoms with Crippen LogP contribution in [-0.4, -0.2) is 95.5 Å². The Hall–Kier alpha value is -4.37. The monoisotopic (exact) mass is 643 g/mol. The van der Waals surface area contributed by atoms with Crippen LogP contribution in [0.2, 0.25) is 0 Å². The predicted molar refractivity (Wildman–Crippen MR) is 163 cm³/mol. The molecule has 2 N–H and O–H groups in total. The molecule has 1 unspecified atom stereocenters. The van der Waals surface area contributed by atoms with Crippen molar-refractivity contribution in [3.8, 4) is 11.5 Å². The normalized spacial score (nSPS) is 21.1. The van der Waals surface area contributed by atoms with Crippen LogP contribution in [0.3, 0.4) is 0 Å². The van der Waals surface area contributed by atoms with Crippen LogP contribution in [0, 0.1) is 0 Å². The standard InChI is InChI=1S/C31H41N5O10/c1-4-43-30(39)27-33-24(18-34(27)2)32-25(37)11-9-15-44-23-17-21-19(16-22(23)42-3)28(38)35-13-7-5-10-20(35)29(36(21)31(40)41)46-26-12-6-8-14-45-26/h16-18,20,26,29H,4-15H2,1-3H3,(H,32,37)(H,40,41)/t20-,26?,29-/m0/s1. The number of aromatic nitrogens is 2. The van der Waals surface area contributed by atoms with E-state index in [0.717, 1.165) is 30.6 Å². The molecule has 3 amide bonds. The van der Waals surface area contributed by atoms with Crippen LogP contribution in [-0.2, 0) is 26.1 Å². The van der Waals surface area contributed by atoms with E-state index in [2.05, 4.69) is 10.3 Å².